The summed E-state index contributed by atoms with van der Waals surface area (Å²) >= 11 is 1.56. The highest BCUT2D eigenvalue weighted by molar-refractivity contribution is 7.17. The van der Waals surface area contributed by atoms with Crippen LogP contribution in [-0.2, 0) is 0 Å². The molecule has 3 aromatic heterocycles. The number of aromatic nitrogens is 3. The number of aliphatic hydroxyl groups excluding tert-OH is 1. The first kappa shape index (κ1) is 9.56. The zero-order chi connectivity index (χ0) is 11.3. The van der Waals surface area contributed by atoms with Crippen molar-refractivity contribution in [3.05, 3.63) is 33.7 Å². The molecule has 0 amide bonds. The fourth-order valence-electron chi connectivity index (χ4n) is 1.83. The molecule has 0 saturated heterocycles. The fraction of sp³-hybridized carbons (Fsp3) is 0.200. The minimum atomic E-state index is -0.727. The van der Waals surface area contributed by atoms with Crippen LogP contribution in [0.2, 0.25) is 0 Å². The number of nitrogens with one attached hydrogen (secondary N) is 1. The number of hydrogen-bond donors (Lipinski definition) is 2. The van der Waals surface area contributed by atoms with Crippen molar-refractivity contribution < 1.29 is 5.11 Å². The van der Waals surface area contributed by atoms with Gasteiger partial charge in [-0.25, -0.2) is 5.10 Å². The molecule has 0 aromatic carbocycles. The van der Waals surface area contributed by atoms with Crippen molar-refractivity contribution in [2.45, 2.75) is 13.0 Å². The molecule has 0 radical (unpaired) electrons. The third kappa shape index (κ3) is 1.14. The Morgan fingerprint density at radius 1 is 1.56 bits per heavy atom. The topological polar surface area (TPSA) is 70.4 Å². The average molecular weight is 235 g/mol. The molecule has 6 heteroatoms. The molecule has 5 nitrogen and oxygen atoms in total. The van der Waals surface area contributed by atoms with Crippen LogP contribution in [0.5, 0.6) is 0 Å². The van der Waals surface area contributed by atoms with Crippen molar-refractivity contribution in [2.75, 3.05) is 0 Å². The Morgan fingerprint density at radius 3 is 3.12 bits per heavy atom. The molecular weight excluding hydrogens is 226 g/mol. The number of hydrogen-bond acceptors (Lipinski definition) is 4. The highest BCUT2D eigenvalue weighted by Crippen LogP contribution is 2.25. The van der Waals surface area contributed by atoms with Crippen LogP contribution >= 0.6 is 11.3 Å². The lowest BCUT2D eigenvalue weighted by molar-refractivity contribution is 0.186. The van der Waals surface area contributed by atoms with Crippen LogP contribution in [0.15, 0.2) is 22.3 Å². The van der Waals surface area contributed by atoms with Crippen molar-refractivity contribution in [1.29, 1.82) is 0 Å². The smallest absolute Gasteiger partial charge is 0.288 e. The van der Waals surface area contributed by atoms with Gasteiger partial charge in [0.1, 0.15) is 11.6 Å². The maximum absolute atomic E-state index is 11.6. The van der Waals surface area contributed by atoms with Crippen molar-refractivity contribution in [1.82, 2.24) is 14.6 Å². The molecule has 0 spiro atoms. The Bertz CT molecular complexity index is 722. The third-order valence-electron chi connectivity index (χ3n) is 2.53. The van der Waals surface area contributed by atoms with Crippen LogP contribution in [0.25, 0.3) is 15.7 Å². The van der Waals surface area contributed by atoms with Crippen LogP contribution in [0, 0.1) is 0 Å². The molecule has 3 heterocycles. The van der Waals surface area contributed by atoms with E-state index in [1.807, 2.05) is 17.5 Å². The summed E-state index contributed by atoms with van der Waals surface area (Å²) in [7, 11) is 0. The SMILES string of the molecule is CC(O)c1n[nH]c(=O)c2cc3sccc3n12. The van der Waals surface area contributed by atoms with E-state index >= 15 is 0 Å². The molecule has 1 atom stereocenters. The highest BCUT2D eigenvalue weighted by atomic mass is 32.1. The van der Waals surface area contributed by atoms with Gasteiger partial charge in [0, 0.05) is 0 Å². The molecule has 1 unspecified atom stereocenters. The van der Waals surface area contributed by atoms with E-state index in [-0.39, 0.29) is 5.56 Å². The Kier molecular flexibility index (Phi) is 1.89. The second kappa shape index (κ2) is 3.16. The Morgan fingerprint density at radius 2 is 2.38 bits per heavy atom. The molecule has 0 saturated carbocycles. The van der Waals surface area contributed by atoms with Crippen LogP contribution in [-0.4, -0.2) is 19.7 Å². The second-order valence-electron chi connectivity index (χ2n) is 3.62. The number of nitrogens with zero attached hydrogens (tertiary/aromatic N) is 2. The number of H-pyrrole nitrogens is 1. The Labute approximate surface area is 94.0 Å². The Balaban J connectivity index is 2.60. The predicted molar refractivity (Wildman–Crippen MR) is 61.8 cm³/mol. The normalized spacial score (nSPS) is 13.6. The molecule has 0 bridgehead atoms. The van der Waals surface area contributed by atoms with E-state index in [2.05, 4.69) is 10.2 Å². The molecule has 0 aliphatic carbocycles. The summed E-state index contributed by atoms with van der Waals surface area (Å²) in [5, 5.41) is 17.9. The summed E-state index contributed by atoms with van der Waals surface area (Å²) in [5.41, 5.74) is 1.19. The van der Waals surface area contributed by atoms with Gasteiger partial charge in [0.15, 0.2) is 5.82 Å². The minimum Gasteiger partial charge on any atom is -0.385 e. The van der Waals surface area contributed by atoms with E-state index in [9.17, 15) is 9.90 Å². The summed E-state index contributed by atoms with van der Waals surface area (Å²) in [5.74, 6) is 0.447. The molecule has 0 aliphatic rings. The lowest BCUT2D eigenvalue weighted by Gasteiger charge is -2.06. The summed E-state index contributed by atoms with van der Waals surface area (Å²) in [6.45, 7) is 1.62. The van der Waals surface area contributed by atoms with Gasteiger partial charge in [0.25, 0.3) is 5.56 Å². The summed E-state index contributed by atoms with van der Waals surface area (Å²) < 4.78 is 2.72. The summed E-state index contributed by atoms with van der Waals surface area (Å²) in [6, 6.07) is 3.73. The van der Waals surface area contributed by atoms with Gasteiger partial charge < -0.3 is 5.11 Å². The molecule has 82 valence electrons. The first-order valence-corrected chi connectivity index (χ1v) is 5.72. The minimum absolute atomic E-state index is 0.243. The van der Waals surface area contributed by atoms with Gasteiger partial charge in [-0.1, -0.05) is 0 Å². The van der Waals surface area contributed by atoms with E-state index in [1.54, 1.807) is 22.7 Å². The zero-order valence-corrected chi connectivity index (χ0v) is 9.28. The van der Waals surface area contributed by atoms with E-state index in [0.29, 0.717) is 11.3 Å². The molecule has 16 heavy (non-hydrogen) atoms. The summed E-state index contributed by atoms with van der Waals surface area (Å²) in [4.78, 5) is 11.6. The number of aromatic amines is 1. The van der Waals surface area contributed by atoms with Gasteiger partial charge in [-0.2, -0.15) is 5.10 Å². The average Bonchev–Trinajstić information content (AvgIpc) is 2.78. The molecule has 0 fully saturated rings. The quantitative estimate of drug-likeness (QED) is 0.667. The standard InChI is InChI=1S/C10H9N3O2S/c1-5(14)9-11-12-10(15)7-4-8-6(13(7)9)2-3-16-8/h2-5,14H,1H3,(H,12,15). The lowest BCUT2D eigenvalue weighted by Crippen LogP contribution is -2.16. The van der Waals surface area contributed by atoms with E-state index in [1.165, 1.54) is 0 Å². The first-order chi connectivity index (χ1) is 7.68. The monoisotopic (exact) mass is 235 g/mol. The molecule has 0 aliphatic heterocycles. The zero-order valence-electron chi connectivity index (χ0n) is 8.47. The van der Waals surface area contributed by atoms with Crippen LogP contribution in [0.3, 0.4) is 0 Å². The third-order valence-corrected chi connectivity index (χ3v) is 3.38. The van der Waals surface area contributed by atoms with Crippen molar-refractivity contribution in [2.24, 2.45) is 0 Å². The number of rotatable bonds is 1. The number of fused-ring (bicyclic) bond motifs is 3. The maximum Gasteiger partial charge on any atom is 0.288 e. The highest BCUT2D eigenvalue weighted by Gasteiger charge is 2.14. The largest absolute Gasteiger partial charge is 0.385 e. The van der Waals surface area contributed by atoms with Crippen LogP contribution < -0.4 is 5.56 Å². The fourth-order valence-corrected chi connectivity index (χ4v) is 2.64. The molecule has 3 rings (SSSR count). The first-order valence-electron chi connectivity index (χ1n) is 4.84. The number of thiophene rings is 1. The molecule has 2 N–H and O–H groups in total. The predicted octanol–water partition coefficient (Wildman–Crippen LogP) is 1.29. The lowest BCUT2D eigenvalue weighted by atomic mass is 10.4. The van der Waals surface area contributed by atoms with Gasteiger partial charge in [-0.05, 0) is 24.4 Å². The van der Waals surface area contributed by atoms with Gasteiger partial charge in [-0.15, -0.1) is 11.3 Å². The number of aliphatic hydroxyl groups is 1. The van der Waals surface area contributed by atoms with Gasteiger partial charge in [0.2, 0.25) is 0 Å². The van der Waals surface area contributed by atoms with E-state index < -0.39 is 6.10 Å². The van der Waals surface area contributed by atoms with Crippen LogP contribution in [0.1, 0.15) is 18.9 Å². The summed E-state index contributed by atoms with van der Waals surface area (Å²) in [6.07, 6.45) is -0.727. The Hall–Kier alpha value is -1.66. The molecular formula is C10H9N3O2S. The van der Waals surface area contributed by atoms with Crippen LogP contribution in [0.4, 0.5) is 0 Å². The van der Waals surface area contributed by atoms with E-state index in [0.717, 1.165) is 10.2 Å². The maximum atomic E-state index is 11.6. The van der Waals surface area contributed by atoms with Crippen molar-refractivity contribution in [3.8, 4) is 0 Å². The van der Waals surface area contributed by atoms with Gasteiger partial charge >= 0.3 is 0 Å². The van der Waals surface area contributed by atoms with Gasteiger partial charge in [-0.3, -0.25) is 9.20 Å². The van der Waals surface area contributed by atoms with Crippen molar-refractivity contribution in [3.63, 3.8) is 0 Å². The van der Waals surface area contributed by atoms with Gasteiger partial charge in [0.05, 0.1) is 10.2 Å². The second-order valence-corrected chi connectivity index (χ2v) is 4.57. The van der Waals surface area contributed by atoms with E-state index in [4.69, 9.17) is 0 Å². The van der Waals surface area contributed by atoms with Crippen molar-refractivity contribution >= 4 is 27.1 Å². The molecule has 3 aromatic rings.